The third-order valence-corrected chi connectivity index (χ3v) is 2.51. The van der Waals surface area contributed by atoms with Gasteiger partial charge in [0.25, 0.3) is 0 Å². The Hall–Kier alpha value is -2.30. The van der Waals surface area contributed by atoms with Crippen molar-refractivity contribution >= 4 is 16.8 Å². The molecule has 0 bridgehead atoms. The number of hydrogen-bond acceptors (Lipinski definition) is 4. The van der Waals surface area contributed by atoms with Gasteiger partial charge in [-0.25, -0.2) is 0 Å². The molecular weight excluding hydrogens is 204 g/mol. The van der Waals surface area contributed by atoms with Gasteiger partial charge in [0.1, 0.15) is 5.69 Å². The van der Waals surface area contributed by atoms with E-state index in [0.717, 1.165) is 16.6 Å². The van der Waals surface area contributed by atoms with Gasteiger partial charge in [-0.2, -0.15) is 5.10 Å². The molecule has 2 N–H and O–H groups in total. The molecule has 0 aliphatic rings. The van der Waals surface area contributed by atoms with E-state index in [1.54, 1.807) is 10.7 Å². The van der Waals surface area contributed by atoms with Crippen LogP contribution in [0.2, 0.25) is 0 Å². The molecule has 80 valence electrons. The molecule has 0 saturated carbocycles. The number of aryl methyl sites for hydroxylation is 1. The second-order valence-electron chi connectivity index (χ2n) is 3.60. The second-order valence-corrected chi connectivity index (χ2v) is 3.60. The SMILES string of the molecule is Cn1nc2ccccc2c1-c1cc(N)on1. The summed E-state index contributed by atoms with van der Waals surface area (Å²) >= 11 is 0. The predicted molar refractivity (Wildman–Crippen MR) is 60.6 cm³/mol. The van der Waals surface area contributed by atoms with E-state index in [1.165, 1.54) is 0 Å². The van der Waals surface area contributed by atoms with Crippen LogP contribution in [0.1, 0.15) is 0 Å². The molecular formula is C11H10N4O. The number of rotatable bonds is 1. The van der Waals surface area contributed by atoms with Gasteiger partial charge in [-0.3, -0.25) is 4.68 Å². The van der Waals surface area contributed by atoms with Gasteiger partial charge < -0.3 is 10.3 Å². The van der Waals surface area contributed by atoms with Crippen LogP contribution in [0, 0.1) is 0 Å². The molecule has 0 spiro atoms. The van der Waals surface area contributed by atoms with Crippen LogP contribution in [-0.4, -0.2) is 14.9 Å². The highest BCUT2D eigenvalue weighted by Gasteiger charge is 2.13. The largest absolute Gasteiger partial charge is 0.368 e. The van der Waals surface area contributed by atoms with E-state index in [2.05, 4.69) is 10.3 Å². The van der Waals surface area contributed by atoms with Gasteiger partial charge >= 0.3 is 0 Å². The molecule has 0 unspecified atom stereocenters. The summed E-state index contributed by atoms with van der Waals surface area (Å²) in [6.07, 6.45) is 0. The summed E-state index contributed by atoms with van der Waals surface area (Å²) in [5.41, 5.74) is 8.07. The number of aromatic nitrogens is 3. The molecule has 3 rings (SSSR count). The van der Waals surface area contributed by atoms with E-state index in [0.29, 0.717) is 11.6 Å². The highest BCUT2D eigenvalue weighted by Crippen LogP contribution is 2.27. The third-order valence-electron chi connectivity index (χ3n) is 2.51. The lowest BCUT2D eigenvalue weighted by Gasteiger charge is -1.95. The average Bonchev–Trinajstić information content (AvgIpc) is 2.80. The van der Waals surface area contributed by atoms with Crippen molar-refractivity contribution in [1.82, 2.24) is 14.9 Å². The van der Waals surface area contributed by atoms with Crippen LogP contribution in [0.3, 0.4) is 0 Å². The van der Waals surface area contributed by atoms with Gasteiger partial charge in [-0.1, -0.05) is 23.4 Å². The fourth-order valence-electron chi connectivity index (χ4n) is 1.85. The van der Waals surface area contributed by atoms with Crippen LogP contribution in [-0.2, 0) is 7.05 Å². The number of anilines is 1. The van der Waals surface area contributed by atoms with Gasteiger partial charge in [0, 0.05) is 18.5 Å². The summed E-state index contributed by atoms with van der Waals surface area (Å²) < 4.78 is 6.66. The van der Waals surface area contributed by atoms with Gasteiger partial charge in [0.15, 0.2) is 0 Å². The summed E-state index contributed by atoms with van der Waals surface area (Å²) in [6, 6.07) is 9.58. The zero-order chi connectivity index (χ0) is 11.1. The zero-order valence-corrected chi connectivity index (χ0v) is 8.71. The van der Waals surface area contributed by atoms with Crippen molar-refractivity contribution in [1.29, 1.82) is 0 Å². The fraction of sp³-hybridized carbons (Fsp3) is 0.0909. The minimum atomic E-state index is 0.306. The molecule has 0 aliphatic heterocycles. The summed E-state index contributed by atoms with van der Waals surface area (Å²) in [5, 5.41) is 9.34. The number of benzene rings is 1. The Morgan fingerprint density at radius 2 is 2.12 bits per heavy atom. The number of nitrogen functional groups attached to an aromatic ring is 1. The van der Waals surface area contributed by atoms with Crippen LogP contribution < -0.4 is 5.73 Å². The first-order valence-corrected chi connectivity index (χ1v) is 4.90. The molecule has 16 heavy (non-hydrogen) atoms. The lowest BCUT2D eigenvalue weighted by Crippen LogP contribution is -1.93. The minimum absolute atomic E-state index is 0.306. The van der Waals surface area contributed by atoms with E-state index in [9.17, 15) is 0 Å². The molecule has 2 aromatic heterocycles. The Kier molecular flexibility index (Phi) is 1.73. The van der Waals surface area contributed by atoms with Gasteiger partial charge in [0.2, 0.25) is 5.88 Å². The molecule has 2 heterocycles. The summed E-state index contributed by atoms with van der Waals surface area (Å²) in [4.78, 5) is 0. The first-order valence-electron chi connectivity index (χ1n) is 4.90. The Bertz CT molecular complexity index is 653. The summed E-state index contributed by atoms with van der Waals surface area (Å²) in [5.74, 6) is 0.306. The normalized spacial score (nSPS) is 11.1. The van der Waals surface area contributed by atoms with Gasteiger partial charge in [0.05, 0.1) is 11.2 Å². The van der Waals surface area contributed by atoms with E-state index in [-0.39, 0.29) is 0 Å². The standard InChI is InChI=1S/C11H10N4O/c1-15-11(9-6-10(12)16-14-9)7-4-2-3-5-8(7)13-15/h2-6H,12H2,1H3. The second kappa shape index (κ2) is 3.10. The van der Waals surface area contributed by atoms with E-state index < -0.39 is 0 Å². The fourth-order valence-corrected chi connectivity index (χ4v) is 1.85. The van der Waals surface area contributed by atoms with Crippen LogP contribution in [0.4, 0.5) is 5.88 Å². The number of fused-ring (bicyclic) bond motifs is 1. The van der Waals surface area contributed by atoms with E-state index in [1.807, 2.05) is 31.3 Å². The summed E-state index contributed by atoms with van der Waals surface area (Å²) in [6.45, 7) is 0. The summed E-state index contributed by atoms with van der Waals surface area (Å²) in [7, 11) is 1.88. The van der Waals surface area contributed by atoms with Crippen molar-refractivity contribution in [2.75, 3.05) is 5.73 Å². The Balaban J connectivity index is 2.34. The van der Waals surface area contributed by atoms with Crippen molar-refractivity contribution in [2.45, 2.75) is 0 Å². The van der Waals surface area contributed by atoms with Gasteiger partial charge in [-0.05, 0) is 6.07 Å². The van der Waals surface area contributed by atoms with E-state index >= 15 is 0 Å². The van der Waals surface area contributed by atoms with Crippen molar-refractivity contribution in [3.05, 3.63) is 30.3 Å². The highest BCUT2D eigenvalue weighted by molar-refractivity contribution is 5.92. The zero-order valence-electron chi connectivity index (χ0n) is 8.71. The first kappa shape index (κ1) is 8.96. The Labute approximate surface area is 91.4 Å². The molecule has 5 heteroatoms. The van der Waals surface area contributed by atoms with Crippen LogP contribution in [0.15, 0.2) is 34.9 Å². The average molecular weight is 214 g/mol. The third kappa shape index (κ3) is 1.18. The molecule has 5 nitrogen and oxygen atoms in total. The molecule has 0 amide bonds. The van der Waals surface area contributed by atoms with Crippen molar-refractivity contribution in [3.8, 4) is 11.4 Å². The Morgan fingerprint density at radius 3 is 2.88 bits per heavy atom. The number of hydrogen-bond donors (Lipinski definition) is 1. The molecule has 3 aromatic rings. The quantitative estimate of drug-likeness (QED) is 0.670. The molecule has 0 radical (unpaired) electrons. The maximum atomic E-state index is 5.52. The minimum Gasteiger partial charge on any atom is -0.368 e. The van der Waals surface area contributed by atoms with E-state index in [4.69, 9.17) is 10.3 Å². The maximum Gasteiger partial charge on any atom is 0.222 e. The molecule has 1 aromatic carbocycles. The van der Waals surface area contributed by atoms with Gasteiger partial charge in [-0.15, -0.1) is 0 Å². The lowest BCUT2D eigenvalue weighted by molar-refractivity contribution is 0.438. The van der Waals surface area contributed by atoms with Crippen molar-refractivity contribution < 1.29 is 4.52 Å². The number of nitrogens with two attached hydrogens (primary N) is 1. The predicted octanol–water partition coefficient (Wildman–Crippen LogP) is 1.81. The smallest absolute Gasteiger partial charge is 0.222 e. The molecule has 0 fully saturated rings. The maximum absolute atomic E-state index is 5.52. The van der Waals surface area contributed by atoms with Crippen LogP contribution in [0.5, 0.6) is 0 Å². The van der Waals surface area contributed by atoms with Crippen molar-refractivity contribution in [3.63, 3.8) is 0 Å². The van der Waals surface area contributed by atoms with Crippen molar-refractivity contribution in [2.24, 2.45) is 7.05 Å². The molecule has 0 aliphatic carbocycles. The number of nitrogens with zero attached hydrogens (tertiary/aromatic N) is 3. The molecule has 0 atom stereocenters. The van der Waals surface area contributed by atoms with Crippen LogP contribution >= 0.6 is 0 Å². The highest BCUT2D eigenvalue weighted by atomic mass is 16.5. The molecule has 0 saturated heterocycles. The topological polar surface area (TPSA) is 69.9 Å². The monoisotopic (exact) mass is 214 g/mol. The Morgan fingerprint density at radius 1 is 1.31 bits per heavy atom. The lowest BCUT2D eigenvalue weighted by atomic mass is 10.1. The van der Waals surface area contributed by atoms with Crippen LogP contribution in [0.25, 0.3) is 22.3 Å². The first-order chi connectivity index (χ1) is 7.75.